The number of imide groups is 1. The summed E-state index contributed by atoms with van der Waals surface area (Å²) in [5.74, 6) is -0.466. The molecule has 0 saturated carbocycles. The van der Waals surface area contributed by atoms with Crippen molar-refractivity contribution in [3.63, 3.8) is 0 Å². The van der Waals surface area contributed by atoms with E-state index in [4.69, 9.17) is 4.42 Å². The van der Waals surface area contributed by atoms with Gasteiger partial charge < -0.3 is 9.32 Å². The smallest absolute Gasteiger partial charge is 0.401 e. The van der Waals surface area contributed by atoms with E-state index in [0.717, 1.165) is 11.1 Å². The second-order valence-electron chi connectivity index (χ2n) is 9.00. The average molecular weight is 476 g/mol. The van der Waals surface area contributed by atoms with E-state index >= 15 is 0 Å². The summed E-state index contributed by atoms with van der Waals surface area (Å²) in [4.78, 5) is 43.8. The van der Waals surface area contributed by atoms with Crippen LogP contribution >= 0.6 is 0 Å². The molecular formula is C23H23F3N4O4. The van der Waals surface area contributed by atoms with Gasteiger partial charge in [-0.2, -0.15) is 13.2 Å². The summed E-state index contributed by atoms with van der Waals surface area (Å²) in [6.45, 7) is -0.0172. The maximum atomic E-state index is 12.9. The highest BCUT2D eigenvalue weighted by atomic mass is 19.4. The number of alkyl halides is 3. The van der Waals surface area contributed by atoms with Crippen molar-refractivity contribution in [1.82, 2.24) is 20.1 Å². The highest BCUT2D eigenvalue weighted by Crippen LogP contribution is 2.37. The number of fused-ring (bicyclic) bond motifs is 1. The highest BCUT2D eigenvalue weighted by molar-refractivity contribution is 6.05. The molecule has 3 aliphatic heterocycles. The maximum absolute atomic E-state index is 12.9. The van der Waals surface area contributed by atoms with Gasteiger partial charge in [0.25, 0.3) is 5.91 Å². The van der Waals surface area contributed by atoms with Crippen LogP contribution in [0.4, 0.5) is 13.2 Å². The lowest BCUT2D eigenvalue weighted by atomic mass is 9.91. The third-order valence-corrected chi connectivity index (χ3v) is 6.75. The Balaban J connectivity index is 1.32. The SMILES string of the molecule is O=C1CCC(N2Cc3cc(-c4ncoc4C4CCN(CC(F)(F)F)CC4)ccc3C2=O)C(=O)N1. The number of nitrogens with one attached hydrogen (secondary N) is 1. The number of rotatable bonds is 4. The van der Waals surface area contributed by atoms with Crippen LogP contribution in [0, 0.1) is 0 Å². The summed E-state index contributed by atoms with van der Waals surface area (Å²) >= 11 is 0. The molecular weight excluding hydrogens is 453 g/mol. The normalized spacial score (nSPS) is 22.3. The number of nitrogens with zero attached hydrogens (tertiary/aromatic N) is 3. The first-order chi connectivity index (χ1) is 16.2. The lowest BCUT2D eigenvalue weighted by molar-refractivity contribution is -0.148. The number of amides is 3. The van der Waals surface area contributed by atoms with Crippen LogP contribution in [0.5, 0.6) is 0 Å². The van der Waals surface area contributed by atoms with Crippen molar-refractivity contribution in [3.8, 4) is 11.3 Å². The third kappa shape index (κ3) is 4.31. The van der Waals surface area contributed by atoms with Gasteiger partial charge in [0.05, 0.1) is 6.54 Å². The molecule has 0 spiro atoms. The van der Waals surface area contributed by atoms with Crippen LogP contribution in [-0.4, -0.2) is 64.4 Å². The molecule has 0 aliphatic carbocycles. The number of oxazole rings is 1. The molecule has 5 rings (SSSR count). The highest BCUT2D eigenvalue weighted by Gasteiger charge is 2.39. The van der Waals surface area contributed by atoms with Crippen molar-refractivity contribution < 1.29 is 32.0 Å². The van der Waals surface area contributed by atoms with Crippen molar-refractivity contribution in [2.24, 2.45) is 0 Å². The van der Waals surface area contributed by atoms with Crippen LogP contribution in [-0.2, 0) is 16.1 Å². The van der Waals surface area contributed by atoms with Gasteiger partial charge in [0.15, 0.2) is 6.39 Å². The van der Waals surface area contributed by atoms with Gasteiger partial charge in [-0.05, 0) is 50.0 Å². The Morgan fingerprint density at radius 1 is 1.12 bits per heavy atom. The number of hydrogen-bond donors (Lipinski definition) is 1. The Morgan fingerprint density at radius 2 is 1.88 bits per heavy atom. The van der Waals surface area contributed by atoms with E-state index in [-0.39, 0.29) is 37.1 Å². The fourth-order valence-corrected chi connectivity index (χ4v) is 5.09. The Kier molecular flexibility index (Phi) is 5.67. The minimum absolute atomic E-state index is 0.0446. The molecule has 0 bridgehead atoms. The van der Waals surface area contributed by atoms with E-state index < -0.39 is 24.7 Å². The molecule has 3 aliphatic rings. The fraction of sp³-hybridized carbons (Fsp3) is 0.478. The van der Waals surface area contributed by atoms with Gasteiger partial charge in [-0.1, -0.05) is 6.07 Å². The van der Waals surface area contributed by atoms with Gasteiger partial charge in [-0.25, -0.2) is 4.98 Å². The summed E-state index contributed by atoms with van der Waals surface area (Å²) in [7, 11) is 0. The van der Waals surface area contributed by atoms with Gasteiger partial charge in [0.2, 0.25) is 11.8 Å². The summed E-state index contributed by atoms with van der Waals surface area (Å²) in [6, 6.07) is 4.62. The van der Waals surface area contributed by atoms with Gasteiger partial charge >= 0.3 is 6.18 Å². The predicted octanol–water partition coefficient (Wildman–Crippen LogP) is 2.84. The van der Waals surface area contributed by atoms with E-state index in [1.807, 2.05) is 6.07 Å². The molecule has 2 fully saturated rings. The molecule has 3 amide bonds. The number of hydrogen-bond acceptors (Lipinski definition) is 6. The van der Waals surface area contributed by atoms with Gasteiger partial charge in [0, 0.05) is 30.0 Å². The standard InChI is InChI=1S/C23H23F3N4O4/c24-23(25,26)11-29-7-5-13(6-8-29)20-19(27-12-34-20)14-1-2-16-15(9-14)10-30(22(16)33)17-3-4-18(31)28-21(17)32/h1-2,9,12-13,17H,3-8,10-11H2,(H,28,31,32). The van der Waals surface area contributed by atoms with Gasteiger partial charge in [-0.15, -0.1) is 0 Å². The number of likely N-dealkylation sites (tertiary alicyclic amines) is 1. The van der Waals surface area contributed by atoms with E-state index in [1.54, 1.807) is 12.1 Å². The molecule has 0 radical (unpaired) electrons. The molecule has 11 heteroatoms. The summed E-state index contributed by atoms with van der Waals surface area (Å²) in [5.41, 5.74) is 2.61. The summed E-state index contributed by atoms with van der Waals surface area (Å²) in [5, 5.41) is 2.29. The topological polar surface area (TPSA) is 95.8 Å². The molecule has 34 heavy (non-hydrogen) atoms. The molecule has 8 nitrogen and oxygen atoms in total. The van der Waals surface area contributed by atoms with Gasteiger partial charge in [0.1, 0.15) is 17.5 Å². The molecule has 180 valence electrons. The molecule has 1 aromatic heterocycles. The first-order valence-corrected chi connectivity index (χ1v) is 11.2. The number of aromatic nitrogens is 1. The van der Waals surface area contributed by atoms with E-state index in [1.165, 1.54) is 16.2 Å². The molecule has 2 saturated heterocycles. The van der Waals surface area contributed by atoms with Crippen molar-refractivity contribution in [3.05, 3.63) is 41.5 Å². The number of carbonyl (C=O) groups excluding carboxylic acids is 3. The quantitative estimate of drug-likeness (QED) is 0.682. The van der Waals surface area contributed by atoms with Crippen LogP contribution in [0.2, 0.25) is 0 Å². The van der Waals surface area contributed by atoms with Crippen molar-refractivity contribution in [2.45, 2.75) is 50.4 Å². The fourth-order valence-electron chi connectivity index (χ4n) is 5.09. The van der Waals surface area contributed by atoms with Crippen LogP contribution in [0.25, 0.3) is 11.3 Å². The lowest BCUT2D eigenvalue weighted by Gasteiger charge is -2.31. The molecule has 4 heterocycles. The third-order valence-electron chi connectivity index (χ3n) is 6.75. The Labute approximate surface area is 193 Å². The van der Waals surface area contributed by atoms with Gasteiger partial charge in [-0.3, -0.25) is 24.6 Å². The first-order valence-electron chi connectivity index (χ1n) is 11.2. The molecule has 1 atom stereocenters. The van der Waals surface area contributed by atoms with Crippen LogP contribution in [0.1, 0.15) is 53.3 Å². The zero-order valence-corrected chi connectivity index (χ0v) is 18.2. The Hall–Kier alpha value is -3.21. The first kappa shape index (κ1) is 22.6. The number of carbonyl (C=O) groups is 3. The number of halogens is 3. The second-order valence-corrected chi connectivity index (χ2v) is 9.00. The van der Waals surface area contributed by atoms with Crippen LogP contribution in [0.15, 0.2) is 29.0 Å². The lowest BCUT2D eigenvalue weighted by Crippen LogP contribution is -2.52. The number of piperidine rings is 2. The van der Waals surface area contributed by atoms with Crippen molar-refractivity contribution >= 4 is 17.7 Å². The van der Waals surface area contributed by atoms with E-state index in [2.05, 4.69) is 10.3 Å². The summed E-state index contributed by atoms with van der Waals surface area (Å²) in [6.07, 6.45) is -1.34. The van der Waals surface area contributed by atoms with E-state index in [9.17, 15) is 27.6 Å². The largest absolute Gasteiger partial charge is 0.448 e. The molecule has 1 aromatic carbocycles. The zero-order chi connectivity index (χ0) is 24.0. The monoisotopic (exact) mass is 476 g/mol. The van der Waals surface area contributed by atoms with E-state index in [0.29, 0.717) is 42.9 Å². The Morgan fingerprint density at radius 3 is 2.59 bits per heavy atom. The average Bonchev–Trinajstić information content (AvgIpc) is 3.38. The predicted molar refractivity (Wildman–Crippen MR) is 112 cm³/mol. The van der Waals surface area contributed by atoms with Crippen molar-refractivity contribution in [2.75, 3.05) is 19.6 Å². The molecule has 2 aromatic rings. The maximum Gasteiger partial charge on any atom is 0.401 e. The molecule has 1 unspecified atom stereocenters. The minimum atomic E-state index is -4.21. The number of benzene rings is 1. The van der Waals surface area contributed by atoms with Crippen LogP contribution in [0.3, 0.4) is 0 Å². The minimum Gasteiger partial charge on any atom is -0.448 e. The van der Waals surface area contributed by atoms with Crippen molar-refractivity contribution in [1.29, 1.82) is 0 Å². The summed E-state index contributed by atoms with van der Waals surface area (Å²) < 4.78 is 43.7. The van der Waals surface area contributed by atoms with Crippen LogP contribution < -0.4 is 5.32 Å². The zero-order valence-electron chi connectivity index (χ0n) is 18.2. The molecule has 1 N–H and O–H groups in total. The second kappa shape index (κ2) is 8.53. The Bertz CT molecular complexity index is 1140.